The molecule has 1 aliphatic rings. The number of aromatic nitrogens is 3. The van der Waals surface area contributed by atoms with Crippen LogP contribution in [0, 0.1) is 11.3 Å². The molecule has 0 saturated carbocycles. The number of methoxy groups -OCH3 is 2. The summed E-state index contributed by atoms with van der Waals surface area (Å²) in [5, 5.41) is 15.1. The van der Waals surface area contributed by atoms with E-state index < -0.39 is 0 Å². The van der Waals surface area contributed by atoms with Crippen LogP contribution >= 0.6 is 11.3 Å². The Morgan fingerprint density at radius 3 is 2.70 bits per heavy atom. The Morgan fingerprint density at radius 2 is 1.93 bits per heavy atom. The summed E-state index contributed by atoms with van der Waals surface area (Å²) >= 11 is 1.67. The van der Waals surface area contributed by atoms with Gasteiger partial charge in [0.15, 0.2) is 17.3 Å². The van der Waals surface area contributed by atoms with Crippen LogP contribution in [0.1, 0.15) is 35.3 Å². The summed E-state index contributed by atoms with van der Waals surface area (Å²) in [5.41, 5.74) is 2.80. The monoisotopic (exact) mass is 380 g/mol. The molecule has 0 saturated heterocycles. The molecule has 0 atom stereocenters. The first kappa shape index (κ1) is 17.6. The summed E-state index contributed by atoms with van der Waals surface area (Å²) in [5.74, 6) is 1.98. The lowest BCUT2D eigenvalue weighted by Gasteiger charge is -2.10. The van der Waals surface area contributed by atoms with Crippen molar-refractivity contribution in [2.75, 3.05) is 14.2 Å². The minimum atomic E-state index is 0.631. The standard InChI is InChI=1S/C20H20N4O2S/c1-25-16-9-8-13(10-17(16)26-2)19-22-12-23-24(19)20-15(11-21)14-6-4-3-5-7-18(14)27-20/h8-10,12H,3-7H2,1-2H3. The maximum Gasteiger partial charge on any atom is 0.164 e. The molecule has 0 fully saturated rings. The summed E-state index contributed by atoms with van der Waals surface area (Å²) in [6.45, 7) is 0. The molecule has 4 rings (SSSR count). The average molecular weight is 380 g/mol. The van der Waals surface area contributed by atoms with E-state index in [1.165, 1.54) is 29.6 Å². The lowest BCUT2D eigenvalue weighted by atomic mass is 10.1. The zero-order valence-corrected chi connectivity index (χ0v) is 16.2. The molecule has 0 aliphatic heterocycles. The number of nitriles is 1. The summed E-state index contributed by atoms with van der Waals surface area (Å²) < 4.78 is 12.5. The quantitative estimate of drug-likeness (QED) is 0.636. The van der Waals surface area contributed by atoms with Gasteiger partial charge in [0, 0.05) is 10.4 Å². The molecular formula is C20H20N4O2S. The van der Waals surface area contributed by atoms with Gasteiger partial charge >= 0.3 is 0 Å². The fourth-order valence-corrected chi connectivity index (χ4v) is 4.85. The third kappa shape index (κ3) is 3.06. The molecule has 1 aliphatic carbocycles. The van der Waals surface area contributed by atoms with Crippen LogP contribution in [0.2, 0.25) is 0 Å². The average Bonchev–Trinajstić information content (AvgIpc) is 3.25. The molecule has 0 unspecified atom stereocenters. The molecule has 0 spiro atoms. The van der Waals surface area contributed by atoms with Gasteiger partial charge in [-0.25, -0.2) is 9.67 Å². The number of ether oxygens (including phenoxy) is 2. The van der Waals surface area contributed by atoms with Crippen molar-refractivity contribution in [3.63, 3.8) is 0 Å². The molecule has 7 heteroatoms. The maximum absolute atomic E-state index is 9.82. The number of hydrogen-bond donors (Lipinski definition) is 0. The Balaban J connectivity index is 1.83. The number of hydrogen-bond acceptors (Lipinski definition) is 6. The Hall–Kier alpha value is -2.85. The first-order valence-corrected chi connectivity index (χ1v) is 9.76. The lowest BCUT2D eigenvalue weighted by Crippen LogP contribution is -2.01. The smallest absolute Gasteiger partial charge is 0.164 e. The maximum atomic E-state index is 9.82. The number of fused-ring (bicyclic) bond motifs is 1. The van der Waals surface area contributed by atoms with Crippen molar-refractivity contribution < 1.29 is 9.47 Å². The second-order valence-electron chi connectivity index (χ2n) is 6.42. The minimum Gasteiger partial charge on any atom is -0.493 e. The summed E-state index contributed by atoms with van der Waals surface area (Å²) in [6.07, 6.45) is 7.07. The number of thiophene rings is 1. The van der Waals surface area contributed by atoms with Gasteiger partial charge in [0.2, 0.25) is 0 Å². The fourth-order valence-electron chi connectivity index (χ4n) is 3.55. The van der Waals surface area contributed by atoms with E-state index in [1.54, 1.807) is 30.2 Å². The minimum absolute atomic E-state index is 0.631. The Bertz CT molecular complexity index is 1020. The van der Waals surface area contributed by atoms with Crippen LogP contribution in [0.5, 0.6) is 11.5 Å². The van der Waals surface area contributed by atoms with Crippen LogP contribution < -0.4 is 9.47 Å². The third-order valence-corrected chi connectivity index (χ3v) is 6.16. The predicted octanol–water partition coefficient (Wildman–Crippen LogP) is 4.15. The molecule has 2 aromatic heterocycles. The van der Waals surface area contributed by atoms with Crippen LogP contribution in [0.25, 0.3) is 16.4 Å². The molecule has 0 radical (unpaired) electrons. The molecule has 0 bridgehead atoms. The van der Waals surface area contributed by atoms with Gasteiger partial charge in [-0.15, -0.1) is 11.3 Å². The van der Waals surface area contributed by atoms with Gasteiger partial charge in [0.05, 0.1) is 19.8 Å². The van der Waals surface area contributed by atoms with Gasteiger partial charge in [-0.3, -0.25) is 0 Å². The van der Waals surface area contributed by atoms with E-state index in [2.05, 4.69) is 16.2 Å². The molecule has 6 nitrogen and oxygen atoms in total. The number of rotatable bonds is 4. The van der Waals surface area contributed by atoms with Gasteiger partial charge in [0.25, 0.3) is 0 Å². The van der Waals surface area contributed by atoms with Gasteiger partial charge in [-0.1, -0.05) is 6.42 Å². The molecule has 1 aromatic carbocycles. The highest BCUT2D eigenvalue weighted by Crippen LogP contribution is 2.38. The summed E-state index contributed by atoms with van der Waals surface area (Å²) in [6, 6.07) is 8.07. The number of aryl methyl sites for hydroxylation is 1. The van der Waals surface area contributed by atoms with E-state index >= 15 is 0 Å². The lowest BCUT2D eigenvalue weighted by molar-refractivity contribution is 0.355. The highest BCUT2D eigenvalue weighted by Gasteiger charge is 2.23. The normalized spacial score (nSPS) is 13.5. The van der Waals surface area contributed by atoms with Crippen LogP contribution in [-0.4, -0.2) is 29.0 Å². The van der Waals surface area contributed by atoms with Crippen LogP contribution in [-0.2, 0) is 12.8 Å². The number of nitrogens with zero attached hydrogens (tertiary/aromatic N) is 4. The van der Waals surface area contributed by atoms with Crippen molar-refractivity contribution >= 4 is 11.3 Å². The van der Waals surface area contributed by atoms with E-state index in [4.69, 9.17) is 9.47 Å². The summed E-state index contributed by atoms with van der Waals surface area (Å²) in [4.78, 5) is 5.76. The zero-order valence-electron chi connectivity index (χ0n) is 15.4. The SMILES string of the molecule is COc1ccc(-c2ncnn2-c2sc3c(c2C#N)CCCCC3)cc1OC. The van der Waals surface area contributed by atoms with Gasteiger partial charge < -0.3 is 9.47 Å². The second kappa shape index (κ2) is 7.41. The first-order chi connectivity index (χ1) is 13.3. The molecular weight excluding hydrogens is 360 g/mol. The Kier molecular flexibility index (Phi) is 4.82. The van der Waals surface area contributed by atoms with Gasteiger partial charge in [-0.2, -0.15) is 10.4 Å². The van der Waals surface area contributed by atoms with E-state index in [0.717, 1.165) is 35.4 Å². The summed E-state index contributed by atoms with van der Waals surface area (Å²) in [7, 11) is 3.22. The molecule has 0 amide bonds. The van der Waals surface area contributed by atoms with E-state index in [-0.39, 0.29) is 0 Å². The highest BCUT2D eigenvalue weighted by molar-refractivity contribution is 7.15. The molecule has 27 heavy (non-hydrogen) atoms. The van der Waals surface area contributed by atoms with Crippen LogP contribution in [0.3, 0.4) is 0 Å². The van der Waals surface area contributed by atoms with Crippen molar-refractivity contribution in [2.24, 2.45) is 0 Å². The Morgan fingerprint density at radius 1 is 1.11 bits per heavy atom. The van der Waals surface area contributed by atoms with E-state index in [0.29, 0.717) is 17.3 Å². The molecule has 3 aromatic rings. The topological polar surface area (TPSA) is 73.0 Å². The van der Waals surface area contributed by atoms with E-state index in [1.807, 2.05) is 18.2 Å². The first-order valence-electron chi connectivity index (χ1n) is 8.94. The fraction of sp³-hybridized carbons (Fsp3) is 0.350. The molecule has 2 heterocycles. The third-order valence-electron chi connectivity index (χ3n) is 4.90. The number of benzene rings is 1. The Labute approximate surface area is 162 Å². The van der Waals surface area contributed by atoms with Crippen LogP contribution in [0.15, 0.2) is 24.5 Å². The van der Waals surface area contributed by atoms with Crippen molar-refractivity contribution in [3.05, 3.63) is 40.5 Å². The van der Waals surface area contributed by atoms with Gasteiger partial charge in [-0.05, 0) is 49.4 Å². The van der Waals surface area contributed by atoms with Crippen molar-refractivity contribution in [2.45, 2.75) is 32.1 Å². The van der Waals surface area contributed by atoms with Crippen molar-refractivity contribution in [1.82, 2.24) is 14.8 Å². The highest BCUT2D eigenvalue weighted by atomic mass is 32.1. The van der Waals surface area contributed by atoms with Crippen molar-refractivity contribution in [1.29, 1.82) is 5.26 Å². The second-order valence-corrected chi connectivity index (χ2v) is 7.51. The van der Waals surface area contributed by atoms with E-state index in [9.17, 15) is 5.26 Å². The zero-order chi connectivity index (χ0) is 18.8. The van der Waals surface area contributed by atoms with Crippen LogP contribution in [0.4, 0.5) is 0 Å². The molecule has 0 N–H and O–H groups in total. The molecule has 138 valence electrons. The van der Waals surface area contributed by atoms with Gasteiger partial charge in [0.1, 0.15) is 17.4 Å². The van der Waals surface area contributed by atoms with Crippen molar-refractivity contribution in [3.8, 4) is 34.0 Å². The predicted molar refractivity (Wildman–Crippen MR) is 104 cm³/mol. The largest absolute Gasteiger partial charge is 0.493 e.